The van der Waals surface area contributed by atoms with Gasteiger partial charge in [-0.25, -0.2) is 9.97 Å². The molecule has 0 aliphatic carbocycles. The van der Waals surface area contributed by atoms with E-state index >= 15 is 0 Å². The number of aromatic nitrogens is 3. The number of pyridine rings is 1. The number of nitrogens with one attached hydrogen (secondary N) is 1. The number of nitrogens with zero attached hydrogens (tertiary/aromatic N) is 4. The van der Waals surface area contributed by atoms with Gasteiger partial charge in [0.1, 0.15) is 5.69 Å². The molecule has 0 fully saturated rings. The Labute approximate surface area is 150 Å². The van der Waals surface area contributed by atoms with Gasteiger partial charge in [-0.2, -0.15) is 5.11 Å². The van der Waals surface area contributed by atoms with E-state index in [2.05, 4.69) is 25.2 Å². The predicted molar refractivity (Wildman–Crippen MR) is 98.2 cm³/mol. The maximum atomic E-state index is 12.3. The highest BCUT2D eigenvalue weighted by atomic mass is 16.1. The van der Waals surface area contributed by atoms with Crippen LogP contribution < -0.4 is 11.5 Å². The summed E-state index contributed by atoms with van der Waals surface area (Å²) in [5.74, 6) is 0.0993. The van der Waals surface area contributed by atoms with Crippen molar-refractivity contribution in [2.24, 2.45) is 16.0 Å². The smallest absolute Gasteiger partial charge is 0.155 e. The molecule has 1 atom stereocenters. The number of imidazole rings is 1. The van der Waals surface area contributed by atoms with Gasteiger partial charge >= 0.3 is 0 Å². The number of nitrogens with two attached hydrogens (primary N) is 2. The number of benzene rings is 1. The van der Waals surface area contributed by atoms with Crippen molar-refractivity contribution >= 4 is 23.0 Å². The number of nitrogen functional groups attached to an aromatic ring is 1. The van der Waals surface area contributed by atoms with Crippen LogP contribution in [0.4, 0.5) is 17.2 Å². The van der Waals surface area contributed by atoms with Crippen LogP contribution in [0.2, 0.25) is 0 Å². The number of ketones is 1. The standard InChI is InChI=1S/C18H19N7O/c19-15(8-14-10-21-11-22-14)17(26)9-13-6-7-16(18(20)23-13)25-24-12-4-2-1-3-5-12/h1-7,10-11,15H,8-9,19H2,(H2,20,23)(H,21,22)/t15-/m0/s1. The minimum atomic E-state index is -0.629. The first kappa shape index (κ1) is 17.4. The molecule has 132 valence electrons. The van der Waals surface area contributed by atoms with Gasteiger partial charge in [-0.05, 0) is 24.3 Å². The topological polar surface area (TPSA) is 135 Å². The molecule has 5 N–H and O–H groups in total. The normalized spacial score (nSPS) is 12.3. The summed E-state index contributed by atoms with van der Waals surface area (Å²) in [5.41, 5.74) is 14.4. The number of carbonyl (C=O) groups excluding carboxylic acids is 1. The molecule has 0 amide bonds. The molecule has 26 heavy (non-hydrogen) atoms. The van der Waals surface area contributed by atoms with Gasteiger partial charge in [-0.15, -0.1) is 5.11 Å². The fourth-order valence-corrected chi connectivity index (χ4v) is 2.36. The van der Waals surface area contributed by atoms with Crippen LogP contribution in [-0.4, -0.2) is 26.8 Å². The first-order chi connectivity index (χ1) is 12.6. The van der Waals surface area contributed by atoms with Crippen LogP contribution in [-0.2, 0) is 17.6 Å². The van der Waals surface area contributed by atoms with E-state index in [0.29, 0.717) is 17.8 Å². The Balaban J connectivity index is 1.63. The number of azo groups is 1. The summed E-state index contributed by atoms with van der Waals surface area (Å²) in [6, 6.07) is 12.1. The zero-order valence-corrected chi connectivity index (χ0v) is 14.0. The van der Waals surface area contributed by atoms with Crippen LogP contribution in [0.5, 0.6) is 0 Å². The molecule has 2 aromatic heterocycles. The number of hydrogen-bond donors (Lipinski definition) is 3. The van der Waals surface area contributed by atoms with Crippen LogP contribution in [0.3, 0.4) is 0 Å². The van der Waals surface area contributed by atoms with E-state index in [0.717, 1.165) is 11.4 Å². The van der Waals surface area contributed by atoms with E-state index in [1.54, 1.807) is 24.7 Å². The van der Waals surface area contributed by atoms with E-state index in [4.69, 9.17) is 11.5 Å². The van der Waals surface area contributed by atoms with E-state index in [-0.39, 0.29) is 18.0 Å². The molecule has 0 saturated carbocycles. The van der Waals surface area contributed by atoms with Crippen molar-refractivity contribution in [3.63, 3.8) is 0 Å². The number of anilines is 1. The summed E-state index contributed by atoms with van der Waals surface area (Å²) in [6.07, 6.45) is 3.71. The zero-order valence-electron chi connectivity index (χ0n) is 14.0. The lowest BCUT2D eigenvalue weighted by atomic mass is 10.0. The number of aromatic amines is 1. The van der Waals surface area contributed by atoms with Crippen LogP contribution >= 0.6 is 0 Å². The molecule has 0 aliphatic rings. The maximum Gasteiger partial charge on any atom is 0.155 e. The van der Waals surface area contributed by atoms with Crippen molar-refractivity contribution in [2.45, 2.75) is 18.9 Å². The molecule has 8 heteroatoms. The second-order valence-corrected chi connectivity index (χ2v) is 5.77. The summed E-state index contributed by atoms with van der Waals surface area (Å²) >= 11 is 0. The minimum absolute atomic E-state index is 0.107. The number of H-pyrrole nitrogens is 1. The monoisotopic (exact) mass is 349 g/mol. The first-order valence-electron chi connectivity index (χ1n) is 8.09. The van der Waals surface area contributed by atoms with Gasteiger partial charge in [0, 0.05) is 18.3 Å². The molecule has 2 heterocycles. The average Bonchev–Trinajstić information content (AvgIpc) is 3.15. The lowest BCUT2D eigenvalue weighted by Crippen LogP contribution is -2.34. The van der Waals surface area contributed by atoms with Crippen LogP contribution in [0.25, 0.3) is 0 Å². The lowest BCUT2D eigenvalue weighted by molar-refractivity contribution is -0.119. The molecule has 3 aromatic rings. The fourth-order valence-electron chi connectivity index (χ4n) is 2.36. The zero-order chi connectivity index (χ0) is 18.4. The summed E-state index contributed by atoms with van der Waals surface area (Å²) in [7, 11) is 0. The maximum absolute atomic E-state index is 12.3. The molecular formula is C18H19N7O. The van der Waals surface area contributed by atoms with Gasteiger partial charge in [0.15, 0.2) is 11.6 Å². The lowest BCUT2D eigenvalue weighted by Gasteiger charge is -2.09. The molecule has 8 nitrogen and oxygen atoms in total. The highest BCUT2D eigenvalue weighted by Gasteiger charge is 2.16. The number of Topliss-reactive ketones (excluding diaryl/α,β-unsaturated/α-hetero) is 1. The Hall–Kier alpha value is -3.39. The Morgan fingerprint density at radius 1 is 1.15 bits per heavy atom. The Kier molecular flexibility index (Phi) is 5.45. The molecule has 0 unspecified atom stereocenters. The van der Waals surface area contributed by atoms with E-state index in [9.17, 15) is 4.79 Å². The van der Waals surface area contributed by atoms with Gasteiger partial charge in [0.25, 0.3) is 0 Å². The molecule has 0 aliphatic heterocycles. The second-order valence-electron chi connectivity index (χ2n) is 5.77. The SMILES string of the molecule is Nc1nc(CC(=O)[C@@H](N)Cc2cnc[nH]2)ccc1N=Nc1ccccc1. The summed E-state index contributed by atoms with van der Waals surface area (Å²) in [5, 5.41) is 8.20. The fraction of sp³-hybridized carbons (Fsp3) is 0.167. The quantitative estimate of drug-likeness (QED) is 0.563. The van der Waals surface area contributed by atoms with Gasteiger partial charge in [0.2, 0.25) is 0 Å². The van der Waals surface area contributed by atoms with Crippen molar-refractivity contribution in [3.8, 4) is 0 Å². The van der Waals surface area contributed by atoms with Gasteiger partial charge in [-0.3, -0.25) is 4.79 Å². The summed E-state index contributed by atoms with van der Waals surface area (Å²) < 4.78 is 0. The van der Waals surface area contributed by atoms with Crippen molar-refractivity contribution in [1.82, 2.24) is 15.0 Å². The highest BCUT2D eigenvalue weighted by molar-refractivity contribution is 5.86. The van der Waals surface area contributed by atoms with E-state index in [1.807, 2.05) is 30.3 Å². The van der Waals surface area contributed by atoms with Crippen LogP contribution in [0.15, 0.2) is 65.2 Å². The highest BCUT2D eigenvalue weighted by Crippen LogP contribution is 2.23. The third-order valence-electron chi connectivity index (χ3n) is 3.75. The van der Waals surface area contributed by atoms with Gasteiger partial charge < -0.3 is 16.5 Å². The number of rotatable bonds is 7. The third-order valence-corrected chi connectivity index (χ3v) is 3.75. The average molecular weight is 349 g/mol. The van der Waals surface area contributed by atoms with Crippen LogP contribution in [0.1, 0.15) is 11.4 Å². The van der Waals surface area contributed by atoms with Crippen LogP contribution in [0, 0.1) is 0 Å². The minimum Gasteiger partial charge on any atom is -0.382 e. The predicted octanol–water partition coefficient (Wildman–Crippen LogP) is 2.48. The molecular weight excluding hydrogens is 330 g/mol. The molecule has 1 aromatic carbocycles. The second kappa shape index (κ2) is 8.13. The molecule has 0 saturated heterocycles. The summed E-state index contributed by atoms with van der Waals surface area (Å²) in [6.45, 7) is 0. The summed E-state index contributed by atoms with van der Waals surface area (Å²) in [4.78, 5) is 23.3. The molecule has 0 spiro atoms. The number of hydrogen-bond acceptors (Lipinski definition) is 7. The largest absolute Gasteiger partial charge is 0.382 e. The van der Waals surface area contributed by atoms with E-state index in [1.165, 1.54) is 0 Å². The molecule has 0 bridgehead atoms. The molecule has 3 rings (SSSR count). The van der Waals surface area contributed by atoms with Crippen molar-refractivity contribution in [1.29, 1.82) is 0 Å². The Morgan fingerprint density at radius 2 is 1.96 bits per heavy atom. The Morgan fingerprint density at radius 3 is 2.65 bits per heavy atom. The Bertz CT molecular complexity index is 891. The van der Waals surface area contributed by atoms with Gasteiger partial charge in [0.05, 0.1) is 30.2 Å². The first-order valence-corrected chi connectivity index (χ1v) is 8.09. The van der Waals surface area contributed by atoms with E-state index < -0.39 is 6.04 Å². The number of carbonyl (C=O) groups is 1. The molecule has 0 radical (unpaired) electrons. The van der Waals surface area contributed by atoms with Crippen molar-refractivity contribution < 1.29 is 4.79 Å². The van der Waals surface area contributed by atoms with Gasteiger partial charge in [-0.1, -0.05) is 18.2 Å². The van der Waals surface area contributed by atoms with Crippen molar-refractivity contribution in [2.75, 3.05) is 5.73 Å². The third kappa shape index (κ3) is 4.58. The van der Waals surface area contributed by atoms with Crippen molar-refractivity contribution in [3.05, 3.63) is 66.4 Å².